The van der Waals surface area contributed by atoms with E-state index in [4.69, 9.17) is 4.74 Å². The maximum Gasteiger partial charge on any atom is 0.159 e. The third kappa shape index (κ3) is 7.15. The fraction of sp³-hybridized carbons (Fsp3) is 0.565. The van der Waals surface area contributed by atoms with Gasteiger partial charge in [0.15, 0.2) is 5.82 Å². The van der Waals surface area contributed by atoms with Gasteiger partial charge in [0.25, 0.3) is 0 Å². The smallest absolute Gasteiger partial charge is 0.159 e. The normalized spacial score (nSPS) is 12.1. The number of hydrogen-bond donors (Lipinski definition) is 0. The van der Waals surface area contributed by atoms with E-state index in [0.717, 1.165) is 42.5 Å². The summed E-state index contributed by atoms with van der Waals surface area (Å²) in [5, 5.41) is 0. The third-order valence-corrected chi connectivity index (χ3v) is 4.94. The Balaban J connectivity index is 1.74. The van der Waals surface area contributed by atoms with E-state index < -0.39 is 0 Å². The Kier molecular flexibility index (Phi) is 9.16. The Morgan fingerprint density at radius 2 is 1.65 bits per heavy atom. The Bertz CT molecular complexity index is 607. The quantitative estimate of drug-likeness (QED) is 0.410. The summed E-state index contributed by atoms with van der Waals surface area (Å²) in [4.78, 5) is 8.99. The first kappa shape index (κ1) is 20.4. The predicted octanol–water partition coefficient (Wildman–Crippen LogP) is 6.47. The molecule has 0 fully saturated rings. The average molecular weight is 355 g/mol. The van der Waals surface area contributed by atoms with Crippen LogP contribution in [0.2, 0.25) is 0 Å². The zero-order valence-electron chi connectivity index (χ0n) is 16.7. The first-order valence-electron chi connectivity index (χ1n) is 10.3. The van der Waals surface area contributed by atoms with Gasteiger partial charge >= 0.3 is 0 Å². The van der Waals surface area contributed by atoms with Crippen molar-refractivity contribution < 1.29 is 4.74 Å². The van der Waals surface area contributed by atoms with Crippen LogP contribution in [-0.4, -0.2) is 16.6 Å². The van der Waals surface area contributed by atoms with Crippen LogP contribution >= 0.6 is 0 Å². The second kappa shape index (κ2) is 11.7. The van der Waals surface area contributed by atoms with Crippen molar-refractivity contribution in [1.82, 2.24) is 9.97 Å². The minimum absolute atomic E-state index is 0.779. The lowest BCUT2D eigenvalue weighted by Crippen LogP contribution is -1.98. The topological polar surface area (TPSA) is 35.0 Å². The summed E-state index contributed by atoms with van der Waals surface area (Å²) in [6.45, 7) is 7.60. The van der Waals surface area contributed by atoms with Crippen LogP contribution < -0.4 is 4.74 Å². The van der Waals surface area contributed by atoms with Gasteiger partial charge < -0.3 is 4.74 Å². The maximum atomic E-state index is 5.85. The average Bonchev–Trinajstić information content (AvgIpc) is 2.69. The number of unbranched alkanes of at least 4 members (excludes halogenated alkanes) is 3. The van der Waals surface area contributed by atoms with E-state index >= 15 is 0 Å². The van der Waals surface area contributed by atoms with Gasteiger partial charge in [0.2, 0.25) is 0 Å². The molecule has 0 saturated carbocycles. The Morgan fingerprint density at radius 1 is 0.923 bits per heavy atom. The van der Waals surface area contributed by atoms with Crippen LogP contribution in [0.3, 0.4) is 0 Å². The number of benzene rings is 1. The molecule has 1 aromatic carbocycles. The van der Waals surface area contributed by atoms with Crippen molar-refractivity contribution in [2.24, 2.45) is 5.92 Å². The standard InChI is InChI=1S/C23H34N2O/c1-4-6-11-20-17-24-23(25-18-20)21-12-14-22(15-13-21)26-16-9-7-8-10-19(3)5-2/h12-15,17-19H,4-11,16H2,1-3H3. The molecule has 0 saturated heterocycles. The van der Waals surface area contributed by atoms with E-state index in [0.29, 0.717) is 0 Å². The minimum atomic E-state index is 0.779. The van der Waals surface area contributed by atoms with E-state index in [-0.39, 0.29) is 0 Å². The maximum absolute atomic E-state index is 5.85. The lowest BCUT2D eigenvalue weighted by Gasteiger charge is -2.09. The number of aromatic nitrogens is 2. The molecule has 0 aliphatic heterocycles. The number of aryl methyl sites for hydroxylation is 1. The number of hydrogen-bond acceptors (Lipinski definition) is 3. The van der Waals surface area contributed by atoms with Crippen molar-refractivity contribution in [2.75, 3.05) is 6.61 Å². The SMILES string of the molecule is CCCCc1cnc(-c2ccc(OCCCCCC(C)CC)cc2)nc1. The molecule has 1 aromatic heterocycles. The molecule has 0 spiro atoms. The predicted molar refractivity (Wildman–Crippen MR) is 109 cm³/mol. The van der Waals surface area contributed by atoms with Crippen LogP contribution in [0.4, 0.5) is 0 Å². The molecular formula is C23H34N2O. The second-order valence-electron chi connectivity index (χ2n) is 7.25. The van der Waals surface area contributed by atoms with Crippen LogP contribution in [0, 0.1) is 5.92 Å². The van der Waals surface area contributed by atoms with E-state index in [9.17, 15) is 0 Å². The van der Waals surface area contributed by atoms with Crippen LogP contribution in [-0.2, 0) is 6.42 Å². The van der Waals surface area contributed by atoms with Crippen molar-refractivity contribution in [2.45, 2.75) is 72.1 Å². The molecule has 0 N–H and O–H groups in total. The summed E-state index contributed by atoms with van der Waals surface area (Å²) < 4.78 is 5.85. The number of rotatable bonds is 12. The molecule has 0 amide bonds. The van der Waals surface area contributed by atoms with Gasteiger partial charge in [-0.05, 0) is 55.0 Å². The van der Waals surface area contributed by atoms with E-state index in [1.165, 1.54) is 44.1 Å². The molecule has 1 heterocycles. The second-order valence-corrected chi connectivity index (χ2v) is 7.25. The Hall–Kier alpha value is -1.90. The highest BCUT2D eigenvalue weighted by molar-refractivity contribution is 5.55. The Labute approximate surface area is 159 Å². The molecule has 2 aromatic rings. The van der Waals surface area contributed by atoms with E-state index in [1.807, 2.05) is 36.7 Å². The molecule has 3 heteroatoms. The molecule has 2 rings (SSSR count). The van der Waals surface area contributed by atoms with Crippen LogP contribution in [0.15, 0.2) is 36.7 Å². The van der Waals surface area contributed by atoms with Gasteiger partial charge in [-0.25, -0.2) is 9.97 Å². The van der Waals surface area contributed by atoms with Crippen LogP contribution in [0.25, 0.3) is 11.4 Å². The summed E-state index contributed by atoms with van der Waals surface area (Å²) in [6.07, 6.45) is 13.6. The van der Waals surface area contributed by atoms with Crippen molar-refractivity contribution in [1.29, 1.82) is 0 Å². The van der Waals surface area contributed by atoms with E-state index in [2.05, 4.69) is 30.7 Å². The summed E-state index contributed by atoms with van der Waals surface area (Å²) in [6, 6.07) is 8.12. The molecule has 1 atom stereocenters. The molecule has 0 aliphatic carbocycles. The van der Waals surface area contributed by atoms with Crippen molar-refractivity contribution in [3.63, 3.8) is 0 Å². The highest BCUT2D eigenvalue weighted by atomic mass is 16.5. The van der Waals surface area contributed by atoms with E-state index in [1.54, 1.807) is 0 Å². The van der Waals surface area contributed by atoms with Gasteiger partial charge in [-0.15, -0.1) is 0 Å². The minimum Gasteiger partial charge on any atom is -0.494 e. The molecule has 3 nitrogen and oxygen atoms in total. The molecule has 26 heavy (non-hydrogen) atoms. The summed E-state index contributed by atoms with van der Waals surface area (Å²) in [5.41, 5.74) is 2.25. The molecule has 0 aliphatic rings. The van der Waals surface area contributed by atoms with Gasteiger partial charge in [-0.1, -0.05) is 52.9 Å². The summed E-state index contributed by atoms with van der Waals surface area (Å²) >= 11 is 0. The fourth-order valence-corrected chi connectivity index (χ4v) is 2.88. The van der Waals surface area contributed by atoms with Gasteiger partial charge in [0, 0.05) is 18.0 Å². The van der Waals surface area contributed by atoms with Crippen molar-refractivity contribution in [3.05, 3.63) is 42.2 Å². The van der Waals surface area contributed by atoms with Gasteiger partial charge in [0.1, 0.15) is 5.75 Å². The number of nitrogens with zero attached hydrogens (tertiary/aromatic N) is 2. The molecule has 1 unspecified atom stereocenters. The molecule has 142 valence electrons. The van der Waals surface area contributed by atoms with Gasteiger partial charge in [-0.3, -0.25) is 0 Å². The largest absolute Gasteiger partial charge is 0.494 e. The molecule has 0 radical (unpaired) electrons. The first-order valence-corrected chi connectivity index (χ1v) is 10.3. The monoisotopic (exact) mass is 354 g/mol. The first-order chi connectivity index (χ1) is 12.7. The fourth-order valence-electron chi connectivity index (χ4n) is 2.88. The summed E-state index contributed by atoms with van der Waals surface area (Å²) in [7, 11) is 0. The zero-order chi connectivity index (χ0) is 18.6. The Morgan fingerprint density at radius 3 is 2.31 bits per heavy atom. The van der Waals surface area contributed by atoms with Gasteiger partial charge in [-0.2, -0.15) is 0 Å². The van der Waals surface area contributed by atoms with Crippen molar-refractivity contribution in [3.8, 4) is 17.1 Å². The number of ether oxygens (including phenoxy) is 1. The van der Waals surface area contributed by atoms with Crippen LogP contribution in [0.5, 0.6) is 5.75 Å². The van der Waals surface area contributed by atoms with Crippen LogP contribution in [0.1, 0.15) is 71.3 Å². The summed E-state index contributed by atoms with van der Waals surface area (Å²) in [5.74, 6) is 2.56. The molecular weight excluding hydrogens is 320 g/mol. The lowest BCUT2D eigenvalue weighted by molar-refractivity contribution is 0.302. The third-order valence-electron chi connectivity index (χ3n) is 4.94. The molecule has 0 bridgehead atoms. The highest BCUT2D eigenvalue weighted by Crippen LogP contribution is 2.20. The highest BCUT2D eigenvalue weighted by Gasteiger charge is 2.03. The van der Waals surface area contributed by atoms with Crippen molar-refractivity contribution >= 4 is 0 Å². The zero-order valence-corrected chi connectivity index (χ0v) is 16.7. The lowest BCUT2D eigenvalue weighted by atomic mass is 10.0. The van der Waals surface area contributed by atoms with Gasteiger partial charge in [0.05, 0.1) is 6.61 Å².